The van der Waals surface area contributed by atoms with Crippen molar-refractivity contribution in [2.24, 2.45) is 0 Å². The van der Waals surface area contributed by atoms with Crippen molar-refractivity contribution in [3.63, 3.8) is 0 Å². The highest BCUT2D eigenvalue weighted by atomic mass is 32.1. The summed E-state index contributed by atoms with van der Waals surface area (Å²) in [7, 11) is 3.95. The van der Waals surface area contributed by atoms with E-state index in [1.807, 2.05) is 23.9 Å². The first-order valence-electron chi connectivity index (χ1n) is 2.89. The van der Waals surface area contributed by atoms with Crippen LogP contribution < -0.4 is 5.32 Å². The summed E-state index contributed by atoms with van der Waals surface area (Å²) in [5, 5.41) is 4.09. The van der Waals surface area contributed by atoms with Crippen LogP contribution in [0.3, 0.4) is 0 Å². The van der Waals surface area contributed by atoms with Crippen molar-refractivity contribution in [1.82, 2.24) is 15.1 Å². The highest BCUT2D eigenvalue weighted by Crippen LogP contribution is 1.95. The lowest BCUT2D eigenvalue weighted by atomic mass is 10.6. The molecule has 0 unspecified atom stereocenters. The molecule has 1 fully saturated rings. The molecule has 0 amide bonds. The fourth-order valence-electron chi connectivity index (χ4n) is 0.812. The van der Waals surface area contributed by atoms with E-state index in [0.717, 1.165) is 18.4 Å². The number of hydrogen-bond acceptors (Lipinski definition) is 2. The summed E-state index contributed by atoms with van der Waals surface area (Å²) in [6, 6.07) is 0. The third kappa shape index (κ3) is 1.31. The Morgan fingerprint density at radius 3 is 2.11 bits per heavy atom. The molecule has 0 saturated carbocycles. The van der Waals surface area contributed by atoms with Crippen LogP contribution in [0.15, 0.2) is 0 Å². The van der Waals surface area contributed by atoms with E-state index in [1.165, 1.54) is 0 Å². The van der Waals surface area contributed by atoms with E-state index in [4.69, 9.17) is 12.2 Å². The largest absolute Gasteiger partial charge is 0.339 e. The molecule has 0 bridgehead atoms. The molecule has 9 heavy (non-hydrogen) atoms. The first-order valence-corrected chi connectivity index (χ1v) is 3.29. The van der Waals surface area contributed by atoms with E-state index in [-0.39, 0.29) is 0 Å². The third-order valence-electron chi connectivity index (χ3n) is 1.35. The zero-order valence-electron chi connectivity index (χ0n) is 5.72. The van der Waals surface area contributed by atoms with Gasteiger partial charge < -0.3 is 9.80 Å². The van der Waals surface area contributed by atoms with Gasteiger partial charge in [0.15, 0.2) is 5.11 Å². The average molecular weight is 145 g/mol. The van der Waals surface area contributed by atoms with E-state index < -0.39 is 0 Å². The topological polar surface area (TPSA) is 18.5 Å². The van der Waals surface area contributed by atoms with Gasteiger partial charge in [-0.15, -0.1) is 0 Å². The molecule has 0 aromatic rings. The Kier molecular flexibility index (Phi) is 1.87. The molecule has 1 saturated heterocycles. The number of thiocarbonyl (C=S) groups is 1. The molecule has 0 radical (unpaired) electrons. The summed E-state index contributed by atoms with van der Waals surface area (Å²) in [5.41, 5.74) is 0. The van der Waals surface area contributed by atoms with Crippen molar-refractivity contribution in [1.29, 1.82) is 0 Å². The molecule has 0 aromatic heterocycles. The molecule has 0 aliphatic carbocycles. The van der Waals surface area contributed by atoms with Crippen molar-refractivity contribution in [3.05, 3.63) is 0 Å². The molecular weight excluding hydrogens is 134 g/mol. The lowest BCUT2D eigenvalue weighted by Gasteiger charge is -2.33. The molecule has 1 heterocycles. The minimum absolute atomic E-state index is 0.864. The van der Waals surface area contributed by atoms with E-state index in [1.54, 1.807) is 0 Å². The van der Waals surface area contributed by atoms with Gasteiger partial charge in [0.25, 0.3) is 0 Å². The van der Waals surface area contributed by atoms with Gasteiger partial charge in [-0.25, -0.2) is 0 Å². The highest BCUT2D eigenvalue weighted by molar-refractivity contribution is 7.80. The Bertz CT molecular complexity index is 113. The van der Waals surface area contributed by atoms with Crippen molar-refractivity contribution in [2.45, 2.75) is 0 Å². The zero-order valence-corrected chi connectivity index (χ0v) is 6.53. The van der Waals surface area contributed by atoms with Gasteiger partial charge in [0, 0.05) is 14.1 Å². The second kappa shape index (κ2) is 2.49. The normalized spacial score (nSPS) is 20.9. The Hall–Kier alpha value is -0.350. The van der Waals surface area contributed by atoms with Crippen LogP contribution in [-0.4, -0.2) is 42.3 Å². The fraction of sp³-hybridized carbons (Fsp3) is 0.800. The quantitative estimate of drug-likeness (QED) is 0.470. The van der Waals surface area contributed by atoms with E-state index in [2.05, 4.69) is 5.32 Å². The van der Waals surface area contributed by atoms with Crippen LogP contribution in [0.4, 0.5) is 0 Å². The minimum atomic E-state index is 0.864. The Morgan fingerprint density at radius 1 is 1.33 bits per heavy atom. The molecule has 1 aliphatic rings. The predicted molar refractivity (Wildman–Crippen MR) is 41.0 cm³/mol. The van der Waals surface area contributed by atoms with Crippen LogP contribution in [0, 0.1) is 0 Å². The summed E-state index contributed by atoms with van der Waals surface area (Å²) >= 11 is 5.06. The molecule has 0 atom stereocenters. The van der Waals surface area contributed by atoms with Crippen molar-refractivity contribution in [2.75, 3.05) is 27.4 Å². The SMILES string of the molecule is CN1CNCN(C)C1=S. The molecule has 3 nitrogen and oxygen atoms in total. The first kappa shape index (κ1) is 6.77. The maximum Gasteiger partial charge on any atom is 0.173 e. The second-order valence-electron chi connectivity index (χ2n) is 2.24. The molecule has 1 rings (SSSR count). The summed E-state index contributed by atoms with van der Waals surface area (Å²) in [5.74, 6) is 0. The first-order chi connectivity index (χ1) is 4.22. The van der Waals surface area contributed by atoms with Gasteiger partial charge >= 0.3 is 0 Å². The highest BCUT2D eigenvalue weighted by Gasteiger charge is 2.13. The number of rotatable bonds is 0. The number of hydrogen-bond donors (Lipinski definition) is 1. The van der Waals surface area contributed by atoms with Crippen LogP contribution in [0.5, 0.6) is 0 Å². The molecule has 0 spiro atoms. The van der Waals surface area contributed by atoms with Gasteiger partial charge in [-0.3, -0.25) is 5.32 Å². The van der Waals surface area contributed by atoms with Crippen LogP contribution in [-0.2, 0) is 0 Å². The standard InChI is InChI=1S/C5H11N3S/c1-7-3-6-4-8(2)5(7)9/h6H,3-4H2,1-2H3. The van der Waals surface area contributed by atoms with Crippen molar-refractivity contribution in [3.8, 4) is 0 Å². The summed E-state index contributed by atoms with van der Waals surface area (Å²) in [6.07, 6.45) is 0. The molecule has 0 aromatic carbocycles. The number of nitrogens with one attached hydrogen (secondary N) is 1. The van der Waals surface area contributed by atoms with E-state index in [0.29, 0.717) is 0 Å². The van der Waals surface area contributed by atoms with E-state index >= 15 is 0 Å². The molecule has 1 N–H and O–H groups in total. The molecule has 1 aliphatic heterocycles. The Morgan fingerprint density at radius 2 is 1.78 bits per heavy atom. The van der Waals surface area contributed by atoms with Crippen molar-refractivity contribution < 1.29 is 0 Å². The zero-order chi connectivity index (χ0) is 6.85. The van der Waals surface area contributed by atoms with Gasteiger partial charge in [-0.05, 0) is 12.2 Å². The van der Waals surface area contributed by atoms with Gasteiger partial charge in [-0.2, -0.15) is 0 Å². The third-order valence-corrected chi connectivity index (χ3v) is 1.97. The smallest absolute Gasteiger partial charge is 0.173 e. The van der Waals surface area contributed by atoms with Gasteiger partial charge in [0.05, 0.1) is 13.3 Å². The second-order valence-corrected chi connectivity index (χ2v) is 2.61. The lowest BCUT2D eigenvalue weighted by molar-refractivity contribution is 0.291. The minimum Gasteiger partial charge on any atom is -0.339 e. The van der Waals surface area contributed by atoms with Crippen LogP contribution in [0.2, 0.25) is 0 Å². The lowest BCUT2D eigenvalue weighted by Crippen LogP contribution is -2.52. The van der Waals surface area contributed by atoms with Crippen molar-refractivity contribution >= 4 is 17.3 Å². The van der Waals surface area contributed by atoms with Gasteiger partial charge in [-0.1, -0.05) is 0 Å². The maximum absolute atomic E-state index is 5.06. The number of nitrogens with zero attached hydrogens (tertiary/aromatic N) is 2. The Labute approximate surface area is 60.6 Å². The van der Waals surface area contributed by atoms with Crippen LogP contribution >= 0.6 is 12.2 Å². The van der Waals surface area contributed by atoms with Gasteiger partial charge in [0.2, 0.25) is 0 Å². The van der Waals surface area contributed by atoms with Crippen LogP contribution in [0.25, 0.3) is 0 Å². The molecular formula is C5H11N3S. The van der Waals surface area contributed by atoms with Crippen LogP contribution in [0.1, 0.15) is 0 Å². The molecule has 52 valence electrons. The van der Waals surface area contributed by atoms with Gasteiger partial charge in [0.1, 0.15) is 0 Å². The summed E-state index contributed by atoms with van der Waals surface area (Å²) in [4.78, 5) is 4.00. The monoisotopic (exact) mass is 145 g/mol. The Balaban J connectivity index is 2.52. The summed E-state index contributed by atoms with van der Waals surface area (Å²) in [6.45, 7) is 1.73. The average Bonchev–Trinajstić information content (AvgIpc) is 1.83. The maximum atomic E-state index is 5.06. The summed E-state index contributed by atoms with van der Waals surface area (Å²) < 4.78 is 0. The fourth-order valence-corrected chi connectivity index (χ4v) is 0.941. The molecule has 4 heteroatoms. The predicted octanol–water partition coefficient (Wildman–Crippen LogP) is -0.347. The van der Waals surface area contributed by atoms with E-state index in [9.17, 15) is 0 Å².